The molecule has 0 fully saturated rings. The molecule has 3 rings (SSSR count). The van der Waals surface area contributed by atoms with E-state index in [4.69, 9.17) is 0 Å². The van der Waals surface area contributed by atoms with Crippen molar-refractivity contribution >= 4 is 34.5 Å². The van der Waals surface area contributed by atoms with Crippen LogP contribution in [0.2, 0.25) is 0 Å². The Hall–Kier alpha value is -2.02. The lowest BCUT2D eigenvalue weighted by molar-refractivity contribution is -0.119. The summed E-state index contributed by atoms with van der Waals surface area (Å²) in [6.45, 7) is 0.840. The minimum absolute atomic E-state index is 0.0750. The smallest absolute Gasteiger partial charge is 0.248 e. The Morgan fingerprint density at radius 3 is 3.04 bits per heavy atom. The number of amides is 1. The second-order valence-corrected chi connectivity index (χ2v) is 6.49. The Kier molecular flexibility index (Phi) is 5.17. The van der Waals surface area contributed by atoms with Gasteiger partial charge in [-0.05, 0) is 25.0 Å². The fourth-order valence-electron chi connectivity index (χ4n) is 2.54. The number of fused-ring (bicyclic) bond motifs is 1. The highest BCUT2D eigenvalue weighted by molar-refractivity contribution is 7.99. The van der Waals surface area contributed by atoms with E-state index in [1.54, 1.807) is 0 Å². The third-order valence-corrected chi connectivity index (χ3v) is 4.83. The SMILES string of the molecule is Cn1c(SCC(=O)NNC2=NCCCCC2)nc2ccccc21. The number of carbonyl (C=O) groups excluding carboxylic acids is 1. The number of imidazole rings is 1. The minimum atomic E-state index is -0.0750. The monoisotopic (exact) mass is 331 g/mol. The van der Waals surface area contributed by atoms with Gasteiger partial charge in [0.25, 0.3) is 0 Å². The average molecular weight is 331 g/mol. The van der Waals surface area contributed by atoms with E-state index in [1.807, 2.05) is 35.9 Å². The summed E-state index contributed by atoms with van der Waals surface area (Å²) in [5, 5.41) is 0.841. The zero-order valence-electron chi connectivity index (χ0n) is 13.2. The van der Waals surface area contributed by atoms with E-state index in [2.05, 4.69) is 20.8 Å². The van der Waals surface area contributed by atoms with Crippen molar-refractivity contribution in [3.8, 4) is 0 Å². The van der Waals surface area contributed by atoms with Crippen LogP contribution in [0.15, 0.2) is 34.4 Å². The van der Waals surface area contributed by atoms with Crippen LogP contribution in [-0.2, 0) is 11.8 Å². The van der Waals surface area contributed by atoms with Crippen LogP contribution >= 0.6 is 11.8 Å². The number of thioether (sulfide) groups is 1. The van der Waals surface area contributed by atoms with Crippen molar-refractivity contribution < 1.29 is 4.79 Å². The summed E-state index contributed by atoms with van der Waals surface area (Å²) in [6.07, 6.45) is 4.35. The van der Waals surface area contributed by atoms with Gasteiger partial charge in [0.05, 0.1) is 16.8 Å². The number of rotatable bonds is 3. The van der Waals surface area contributed by atoms with Crippen LogP contribution in [-0.4, -0.2) is 33.6 Å². The molecule has 2 aromatic rings. The van der Waals surface area contributed by atoms with Gasteiger partial charge in [-0.25, -0.2) is 4.98 Å². The fourth-order valence-corrected chi connectivity index (χ4v) is 3.32. The van der Waals surface area contributed by atoms with Crippen LogP contribution in [0, 0.1) is 0 Å². The van der Waals surface area contributed by atoms with Gasteiger partial charge < -0.3 is 4.57 Å². The van der Waals surface area contributed by atoms with Gasteiger partial charge in [0.1, 0.15) is 5.84 Å². The van der Waals surface area contributed by atoms with E-state index < -0.39 is 0 Å². The molecule has 7 heteroatoms. The summed E-state index contributed by atoms with van der Waals surface area (Å²) in [4.78, 5) is 21.0. The van der Waals surface area contributed by atoms with Gasteiger partial charge in [0, 0.05) is 20.0 Å². The predicted molar refractivity (Wildman–Crippen MR) is 93.5 cm³/mol. The molecule has 0 aliphatic carbocycles. The Bertz CT molecular complexity index is 724. The topological polar surface area (TPSA) is 71.3 Å². The first kappa shape index (κ1) is 15.9. The van der Waals surface area contributed by atoms with Crippen molar-refractivity contribution in [2.45, 2.75) is 30.8 Å². The van der Waals surface area contributed by atoms with Crippen LogP contribution in [0.5, 0.6) is 0 Å². The lowest BCUT2D eigenvalue weighted by Gasteiger charge is -2.09. The average Bonchev–Trinajstić information content (AvgIpc) is 2.75. The molecule has 1 aliphatic heterocycles. The lowest BCUT2D eigenvalue weighted by Crippen LogP contribution is -2.42. The summed E-state index contributed by atoms with van der Waals surface area (Å²) in [5.74, 6) is 1.12. The number of amidine groups is 1. The van der Waals surface area contributed by atoms with Gasteiger partial charge >= 0.3 is 0 Å². The Morgan fingerprint density at radius 1 is 1.30 bits per heavy atom. The maximum Gasteiger partial charge on any atom is 0.248 e. The summed E-state index contributed by atoms with van der Waals surface area (Å²) in [5.41, 5.74) is 7.69. The zero-order chi connectivity index (χ0) is 16.1. The number of nitrogens with one attached hydrogen (secondary N) is 2. The van der Waals surface area contributed by atoms with Crippen molar-refractivity contribution in [1.29, 1.82) is 0 Å². The maximum absolute atomic E-state index is 12.0. The lowest BCUT2D eigenvalue weighted by atomic mass is 10.2. The van der Waals surface area contributed by atoms with Gasteiger partial charge in [-0.3, -0.25) is 20.6 Å². The second kappa shape index (κ2) is 7.50. The number of hydrogen-bond donors (Lipinski definition) is 2. The molecule has 0 bridgehead atoms. The molecule has 1 aromatic carbocycles. The van der Waals surface area contributed by atoms with E-state index in [0.717, 1.165) is 47.8 Å². The molecule has 122 valence electrons. The first-order valence-corrected chi connectivity index (χ1v) is 8.85. The van der Waals surface area contributed by atoms with Crippen LogP contribution < -0.4 is 10.9 Å². The highest BCUT2D eigenvalue weighted by atomic mass is 32.2. The van der Waals surface area contributed by atoms with Crippen LogP contribution in [0.4, 0.5) is 0 Å². The Morgan fingerprint density at radius 2 is 2.17 bits per heavy atom. The molecule has 1 aromatic heterocycles. The van der Waals surface area contributed by atoms with Gasteiger partial charge in [0.2, 0.25) is 5.91 Å². The summed E-state index contributed by atoms with van der Waals surface area (Å²) in [7, 11) is 1.97. The molecule has 0 unspecified atom stereocenters. The number of aromatic nitrogens is 2. The predicted octanol–water partition coefficient (Wildman–Crippen LogP) is 2.26. The Balaban J connectivity index is 1.52. The number of para-hydroxylation sites is 2. The van der Waals surface area contributed by atoms with Crippen molar-refractivity contribution in [2.75, 3.05) is 12.3 Å². The molecule has 0 saturated carbocycles. The highest BCUT2D eigenvalue weighted by Gasteiger charge is 2.11. The molecule has 0 spiro atoms. The third-order valence-electron chi connectivity index (χ3n) is 3.80. The van der Waals surface area contributed by atoms with Crippen molar-refractivity contribution in [3.63, 3.8) is 0 Å². The molecule has 0 atom stereocenters. The number of hydrazine groups is 1. The van der Waals surface area contributed by atoms with Gasteiger partial charge in [-0.2, -0.15) is 0 Å². The quantitative estimate of drug-likeness (QED) is 0.668. The molecule has 0 saturated heterocycles. The first-order chi connectivity index (χ1) is 11.2. The molecule has 23 heavy (non-hydrogen) atoms. The van der Waals surface area contributed by atoms with E-state index in [-0.39, 0.29) is 5.91 Å². The maximum atomic E-state index is 12.0. The van der Waals surface area contributed by atoms with E-state index in [1.165, 1.54) is 18.2 Å². The van der Waals surface area contributed by atoms with Crippen molar-refractivity contribution in [2.24, 2.45) is 12.0 Å². The molecule has 1 aliphatic rings. The van der Waals surface area contributed by atoms with E-state index in [9.17, 15) is 4.79 Å². The third kappa shape index (κ3) is 4.04. The van der Waals surface area contributed by atoms with Crippen molar-refractivity contribution in [1.82, 2.24) is 20.4 Å². The van der Waals surface area contributed by atoms with Crippen LogP contribution in [0.25, 0.3) is 11.0 Å². The number of aryl methyl sites for hydroxylation is 1. The highest BCUT2D eigenvalue weighted by Crippen LogP contribution is 2.22. The zero-order valence-corrected chi connectivity index (χ0v) is 14.0. The van der Waals surface area contributed by atoms with Gasteiger partial charge in [-0.15, -0.1) is 0 Å². The second-order valence-electron chi connectivity index (χ2n) is 5.54. The van der Waals surface area contributed by atoms with Gasteiger partial charge in [0.15, 0.2) is 5.16 Å². The minimum Gasteiger partial charge on any atom is -0.322 e. The molecule has 0 radical (unpaired) electrons. The normalized spacial score (nSPS) is 15.1. The molecule has 2 heterocycles. The fraction of sp³-hybridized carbons (Fsp3) is 0.438. The summed E-state index contributed by atoms with van der Waals surface area (Å²) >= 11 is 1.43. The van der Waals surface area contributed by atoms with Crippen LogP contribution in [0.1, 0.15) is 25.7 Å². The number of hydrogen-bond acceptors (Lipinski definition) is 5. The number of benzene rings is 1. The van der Waals surface area contributed by atoms with Gasteiger partial charge in [-0.1, -0.05) is 30.3 Å². The summed E-state index contributed by atoms with van der Waals surface area (Å²) < 4.78 is 2.01. The Labute approximate surface area is 139 Å². The summed E-state index contributed by atoms with van der Waals surface area (Å²) in [6, 6.07) is 7.96. The van der Waals surface area contributed by atoms with Crippen molar-refractivity contribution in [3.05, 3.63) is 24.3 Å². The number of nitrogens with zero attached hydrogens (tertiary/aromatic N) is 3. The van der Waals surface area contributed by atoms with Crippen LogP contribution in [0.3, 0.4) is 0 Å². The van der Waals surface area contributed by atoms with E-state index >= 15 is 0 Å². The number of aliphatic imine (C=N–C) groups is 1. The number of carbonyl (C=O) groups is 1. The largest absolute Gasteiger partial charge is 0.322 e. The molecule has 2 N–H and O–H groups in total. The first-order valence-electron chi connectivity index (χ1n) is 7.86. The molecule has 1 amide bonds. The molecule has 6 nitrogen and oxygen atoms in total. The molecular formula is C16H21N5OS. The molecular weight excluding hydrogens is 310 g/mol. The standard InChI is InChI=1S/C16H21N5OS/c1-21-13-8-5-4-7-12(13)18-16(21)23-11-15(22)20-19-14-9-3-2-6-10-17-14/h4-5,7-8H,2-3,6,9-11H2,1H3,(H,17,19)(H,20,22). The van der Waals surface area contributed by atoms with E-state index in [0.29, 0.717) is 5.75 Å².